The van der Waals surface area contributed by atoms with Gasteiger partial charge in [0.15, 0.2) is 0 Å². The summed E-state index contributed by atoms with van der Waals surface area (Å²) in [5.74, 6) is 0. The third kappa shape index (κ3) is 8.38. The molecule has 4 aromatic rings. The first kappa shape index (κ1) is 27.3. The highest BCUT2D eigenvalue weighted by atomic mass is 14.8. The van der Waals surface area contributed by atoms with Crippen LogP contribution in [0.15, 0.2) is 107 Å². The number of benzene rings is 4. The predicted octanol–water partition coefficient (Wildman–Crippen LogP) is 10.7. The molecule has 4 rings (SSSR count). The summed E-state index contributed by atoms with van der Waals surface area (Å²) in [6.45, 7) is 6.46. The van der Waals surface area contributed by atoms with E-state index in [0.29, 0.717) is 0 Å². The van der Waals surface area contributed by atoms with Crippen molar-refractivity contribution in [2.45, 2.75) is 65.7 Å². The Bertz CT molecular complexity index is 1290. The maximum absolute atomic E-state index is 4.89. The normalized spacial score (nSPS) is 11.8. The highest BCUT2D eigenvalue weighted by Crippen LogP contribution is 2.31. The van der Waals surface area contributed by atoms with E-state index in [0.717, 1.165) is 34.6 Å². The molecule has 0 saturated heterocycles. The molecule has 2 nitrogen and oxygen atoms in total. The molecule has 0 aromatic heterocycles. The van der Waals surface area contributed by atoms with Gasteiger partial charge in [-0.1, -0.05) is 106 Å². The SMILES string of the molecule is CCCCCCCCc1cc(C)cc(N=C(C)C=Nc2cc(-c3ccccc3)cc(-c3ccccc3)c2)c1. The first-order valence-electron chi connectivity index (χ1n) is 14.1. The lowest BCUT2D eigenvalue weighted by molar-refractivity contribution is 0.607. The molecule has 0 atom stereocenters. The molecule has 0 aliphatic heterocycles. The van der Waals surface area contributed by atoms with Crippen LogP contribution in [0.25, 0.3) is 22.3 Å². The van der Waals surface area contributed by atoms with Gasteiger partial charge in [0.25, 0.3) is 0 Å². The van der Waals surface area contributed by atoms with Gasteiger partial charge in [0, 0.05) is 6.21 Å². The average molecular weight is 501 g/mol. The maximum atomic E-state index is 4.89. The molecule has 194 valence electrons. The minimum absolute atomic E-state index is 0.896. The number of nitrogens with zero attached hydrogens (tertiary/aromatic N) is 2. The number of aryl methyl sites for hydroxylation is 2. The zero-order valence-electron chi connectivity index (χ0n) is 23.2. The minimum atomic E-state index is 0.896. The fourth-order valence-electron chi connectivity index (χ4n) is 4.84. The Hall–Kier alpha value is -3.78. The second-order valence-corrected chi connectivity index (χ2v) is 10.2. The van der Waals surface area contributed by atoms with Crippen LogP contribution in [0.5, 0.6) is 0 Å². The van der Waals surface area contributed by atoms with Crippen LogP contribution >= 0.6 is 0 Å². The molecule has 0 unspecified atom stereocenters. The van der Waals surface area contributed by atoms with Crippen molar-refractivity contribution in [2.24, 2.45) is 9.98 Å². The zero-order chi connectivity index (χ0) is 26.6. The highest BCUT2D eigenvalue weighted by Gasteiger charge is 2.05. The van der Waals surface area contributed by atoms with Gasteiger partial charge in [0.2, 0.25) is 0 Å². The van der Waals surface area contributed by atoms with Crippen LogP contribution in [0.1, 0.15) is 63.5 Å². The monoisotopic (exact) mass is 500 g/mol. The number of rotatable bonds is 12. The minimum Gasteiger partial charge on any atom is -0.255 e. The number of unbranched alkanes of at least 4 members (excludes halogenated alkanes) is 5. The van der Waals surface area contributed by atoms with E-state index in [-0.39, 0.29) is 0 Å². The topological polar surface area (TPSA) is 24.7 Å². The van der Waals surface area contributed by atoms with E-state index >= 15 is 0 Å². The van der Waals surface area contributed by atoms with Gasteiger partial charge < -0.3 is 0 Å². The second kappa shape index (κ2) is 14.2. The van der Waals surface area contributed by atoms with Crippen LogP contribution in [0.3, 0.4) is 0 Å². The van der Waals surface area contributed by atoms with Crippen LogP contribution in [-0.2, 0) is 6.42 Å². The Labute approximate surface area is 229 Å². The molecule has 0 amide bonds. The van der Waals surface area contributed by atoms with E-state index < -0.39 is 0 Å². The summed E-state index contributed by atoms with van der Waals surface area (Å²) in [6.07, 6.45) is 10.9. The smallest absolute Gasteiger partial charge is 0.0642 e. The Morgan fingerprint density at radius 1 is 0.632 bits per heavy atom. The molecule has 0 bridgehead atoms. The van der Waals surface area contributed by atoms with Gasteiger partial charge in [-0.2, -0.15) is 0 Å². The molecule has 4 aromatic carbocycles. The van der Waals surface area contributed by atoms with Crippen LogP contribution in [0, 0.1) is 6.92 Å². The molecule has 2 heteroatoms. The quantitative estimate of drug-likeness (QED) is 0.136. The lowest BCUT2D eigenvalue weighted by atomic mass is 9.98. The van der Waals surface area contributed by atoms with Crippen molar-refractivity contribution in [3.8, 4) is 22.3 Å². The molecule has 0 aliphatic rings. The molecule has 0 heterocycles. The van der Waals surface area contributed by atoms with E-state index in [1.54, 1.807) is 0 Å². The van der Waals surface area contributed by atoms with Gasteiger partial charge in [-0.15, -0.1) is 0 Å². The predicted molar refractivity (Wildman–Crippen MR) is 166 cm³/mol. The van der Waals surface area contributed by atoms with Gasteiger partial charge in [0.05, 0.1) is 17.1 Å². The Morgan fingerprint density at radius 2 is 1.24 bits per heavy atom. The van der Waals surface area contributed by atoms with Crippen LogP contribution < -0.4 is 0 Å². The molecule has 0 saturated carbocycles. The van der Waals surface area contributed by atoms with Crippen molar-refractivity contribution in [3.63, 3.8) is 0 Å². The second-order valence-electron chi connectivity index (χ2n) is 10.2. The van der Waals surface area contributed by atoms with Crippen LogP contribution in [-0.4, -0.2) is 11.9 Å². The van der Waals surface area contributed by atoms with E-state index in [9.17, 15) is 0 Å². The van der Waals surface area contributed by atoms with E-state index in [1.807, 2.05) is 25.3 Å². The van der Waals surface area contributed by atoms with E-state index in [1.165, 1.54) is 60.8 Å². The Kier molecular flexibility index (Phi) is 10.2. The molecule has 0 fully saturated rings. The highest BCUT2D eigenvalue weighted by molar-refractivity contribution is 6.30. The molecule has 0 radical (unpaired) electrons. The number of hydrogen-bond donors (Lipinski definition) is 0. The van der Waals surface area contributed by atoms with Crippen molar-refractivity contribution in [2.75, 3.05) is 0 Å². The molecular formula is C36H40N2. The first-order valence-corrected chi connectivity index (χ1v) is 14.1. The third-order valence-electron chi connectivity index (χ3n) is 6.78. The fourth-order valence-corrected chi connectivity index (χ4v) is 4.84. The van der Waals surface area contributed by atoms with Gasteiger partial charge in [-0.05, 0) is 90.4 Å². The average Bonchev–Trinajstić information content (AvgIpc) is 2.94. The van der Waals surface area contributed by atoms with E-state index in [4.69, 9.17) is 9.98 Å². The van der Waals surface area contributed by atoms with Crippen molar-refractivity contribution >= 4 is 23.3 Å². The summed E-state index contributed by atoms with van der Waals surface area (Å²) >= 11 is 0. The Balaban J connectivity index is 1.52. The number of hydrogen-bond acceptors (Lipinski definition) is 2. The lowest BCUT2D eigenvalue weighted by Gasteiger charge is -2.09. The standard InChI is InChI=1S/C36H40N2/c1-4-5-6-7-8-11-16-30-21-28(2)22-36(23-30)38-29(3)27-37-35-25-33(31-17-12-9-13-18-31)24-34(26-35)32-19-14-10-15-20-32/h9-10,12-15,17-27H,4-8,11,16H2,1-3H3. The summed E-state index contributed by atoms with van der Waals surface area (Å²) in [5, 5.41) is 0. The van der Waals surface area contributed by atoms with Crippen molar-refractivity contribution < 1.29 is 0 Å². The van der Waals surface area contributed by atoms with Crippen molar-refractivity contribution in [1.82, 2.24) is 0 Å². The van der Waals surface area contributed by atoms with Crippen LogP contribution in [0.2, 0.25) is 0 Å². The fraction of sp³-hybridized carbons (Fsp3) is 0.278. The summed E-state index contributed by atoms with van der Waals surface area (Å²) in [7, 11) is 0. The van der Waals surface area contributed by atoms with Gasteiger partial charge >= 0.3 is 0 Å². The van der Waals surface area contributed by atoms with Crippen molar-refractivity contribution in [1.29, 1.82) is 0 Å². The lowest BCUT2D eigenvalue weighted by Crippen LogP contribution is -1.93. The molecule has 38 heavy (non-hydrogen) atoms. The summed E-state index contributed by atoms with van der Waals surface area (Å²) in [6, 6.07) is 34.2. The summed E-state index contributed by atoms with van der Waals surface area (Å²) < 4.78 is 0. The number of aliphatic imine (C=N–C) groups is 2. The summed E-state index contributed by atoms with van der Waals surface area (Å²) in [4.78, 5) is 9.74. The molecule has 0 N–H and O–H groups in total. The zero-order valence-corrected chi connectivity index (χ0v) is 23.2. The third-order valence-corrected chi connectivity index (χ3v) is 6.78. The van der Waals surface area contributed by atoms with Gasteiger partial charge in [0.1, 0.15) is 0 Å². The van der Waals surface area contributed by atoms with Gasteiger partial charge in [-0.3, -0.25) is 9.98 Å². The first-order chi connectivity index (χ1) is 18.6. The largest absolute Gasteiger partial charge is 0.255 e. The maximum Gasteiger partial charge on any atom is 0.0642 e. The molecule has 0 spiro atoms. The van der Waals surface area contributed by atoms with E-state index in [2.05, 4.69) is 98.8 Å². The molecular weight excluding hydrogens is 460 g/mol. The van der Waals surface area contributed by atoms with Crippen molar-refractivity contribution in [3.05, 3.63) is 108 Å². The summed E-state index contributed by atoms with van der Waals surface area (Å²) in [5.41, 5.74) is 10.2. The van der Waals surface area contributed by atoms with Crippen LogP contribution in [0.4, 0.5) is 11.4 Å². The van der Waals surface area contributed by atoms with Gasteiger partial charge in [-0.25, -0.2) is 0 Å². The molecule has 0 aliphatic carbocycles. The Morgan fingerprint density at radius 3 is 1.87 bits per heavy atom.